The van der Waals surface area contributed by atoms with Gasteiger partial charge in [0, 0.05) is 25.7 Å². The number of anilines is 3. The summed E-state index contributed by atoms with van der Waals surface area (Å²) >= 11 is 0. The van der Waals surface area contributed by atoms with E-state index in [1.54, 1.807) is 6.21 Å². The van der Waals surface area contributed by atoms with Crippen molar-refractivity contribution in [3.05, 3.63) is 35.5 Å². The van der Waals surface area contributed by atoms with Gasteiger partial charge in [0.25, 0.3) is 0 Å². The highest BCUT2D eigenvalue weighted by molar-refractivity contribution is 5.80. The van der Waals surface area contributed by atoms with Crippen LogP contribution in [0.1, 0.15) is 37.9 Å². The lowest BCUT2D eigenvalue weighted by Crippen LogP contribution is -2.26. The fourth-order valence-electron chi connectivity index (χ4n) is 2.78. The minimum atomic E-state index is 0.353. The van der Waals surface area contributed by atoms with Gasteiger partial charge in [0.2, 0.25) is 0 Å². The van der Waals surface area contributed by atoms with Gasteiger partial charge in [-0.25, -0.2) is 0 Å². The van der Waals surface area contributed by atoms with Crippen LogP contribution in [0.4, 0.5) is 17.2 Å². The molecule has 0 aliphatic carbocycles. The molecular formula is C21H33N7O. The van der Waals surface area contributed by atoms with E-state index in [-0.39, 0.29) is 0 Å². The van der Waals surface area contributed by atoms with E-state index in [0.29, 0.717) is 24.0 Å². The highest BCUT2D eigenvalue weighted by Crippen LogP contribution is 2.20. The minimum Gasteiger partial charge on any atom is -0.462 e. The second kappa shape index (κ2) is 11.9. The summed E-state index contributed by atoms with van der Waals surface area (Å²) in [6, 6.07) is 8.06. The third kappa shape index (κ3) is 7.23. The number of hydrazone groups is 1. The molecule has 1 heterocycles. The van der Waals surface area contributed by atoms with Crippen molar-refractivity contribution in [2.45, 2.75) is 33.6 Å². The highest BCUT2D eigenvalue weighted by atomic mass is 16.5. The van der Waals surface area contributed by atoms with Crippen molar-refractivity contribution in [2.75, 3.05) is 49.3 Å². The Morgan fingerprint density at radius 2 is 1.93 bits per heavy atom. The number of likely N-dealkylation sites (N-methyl/N-ethyl adjacent to an activating group) is 1. The van der Waals surface area contributed by atoms with Gasteiger partial charge in [-0.05, 0) is 44.5 Å². The Labute approximate surface area is 173 Å². The molecule has 0 radical (unpaired) electrons. The Hall–Kier alpha value is -2.87. The Kier molecular flexibility index (Phi) is 9.17. The van der Waals surface area contributed by atoms with Crippen molar-refractivity contribution in [3.63, 3.8) is 0 Å². The third-order valence-corrected chi connectivity index (χ3v) is 4.20. The first kappa shape index (κ1) is 22.4. The fourth-order valence-corrected chi connectivity index (χ4v) is 2.78. The number of hydrogen-bond donors (Lipinski definition) is 3. The Morgan fingerprint density at radius 1 is 1.17 bits per heavy atom. The summed E-state index contributed by atoms with van der Waals surface area (Å²) in [5, 5.41) is 7.37. The molecule has 2 rings (SSSR count). The van der Waals surface area contributed by atoms with Gasteiger partial charge in [-0.3, -0.25) is 5.43 Å². The molecule has 158 valence electrons. The number of nitrogen functional groups attached to an aromatic ring is 1. The second-order valence-corrected chi connectivity index (χ2v) is 6.83. The highest BCUT2D eigenvalue weighted by Gasteiger charge is 2.11. The van der Waals surface area contributed by atoms with Gasteiger partial charge < -0.3 is 20.7 Å². The van der Waals surface area contributed by atoms with Gasteiger partial charge in [-0.1, -0.05) is 19.9 Å². The minimum absolute atomic E-state index is 0.353. The molecule has 0 atom stereocenters. The van der Waals surface area contributed by atoms with Crippen LogP contribution in [0.2, 0.25) is 0 Å². The summed E-state index contributed by atoms with van der Waals surface area (Å²) in [5.74, 6) is 0.847. The molecule has 0 aliphatic heterocycles. The van der Waals surface area contributed by atoms with E-state index in [0.717, 1.165) is 49.5 Å². The molecule has 4 N–H and O–H groups in total. The first-order valence-corrected chi connectivity index (χ1v) is 10.1. The van der Waals surface area contributed by atoms with E-state index in [2.05, 4.69) is 44.6 Å². The molecule has 8 heteroatoms. The maximum absolute atomic E-state index is 6.00. The number of benzene rings is 1. The average Bonchev–Trinajstić information content (AvgIpc) is 2.70. The average molecular weight is 400 g/mol. The van der Waals surface area contributed by atoms with Gasteiger partial charge in [-0.2, -0.15) is 15.1 Å². The molecule has 0 spiro atoms. The number of rotatable bonds is 12. The van der Waals surface area contributed by atoms with Crippen LogP contribution in [0.3, 0.4) is 0 Å². The number of nitrogens with zero attached hydrogens (tertiary/aromatic N) is 4. The first-order chi connectivity index (χ1) is 14.1. The predicted molar refractivity (Wildman–Crippen MR) is 121 cm³/mol. The van der Waals surface area contributed by atoms with Crippen LogP contribution in [0.25, 0.3) is 0 Å². The number of nitrogens with two attached hydrogens (primary N) is 1. The Bertz CT molecular complexity index is 789. The van der Waals surface area contributed by atoms with Crippen molar-refractivity contribution < 1.29 is 4.74 Å². The molecule has 2 aromatic rings. The summed E-state index contributed by atoms with van der Waals surface area (Å²) in [6.45, 7) is 9.40. The Balaban J connectivity index is 2.24. The van der Waals surface area contributed by atoms with E-state index in [4.69, 9.17) is 10.5 Å². The first-order valence-electron chi connectivity index (χ1n) is 10.1. The van der Waals surface area contributed by atoms with E-state index < -0.39 is 0 Å². The second-order valence-electron chi connectivity index (χ2n) is 6.83. The number of aryl methyl sites for hydroxylation is 1. The fraction of sp³-hybridized carbons (Fsp3) is 0.476. The van der Waals surface area contributed by atoms with E-state index in [1.165, 1.54) is 0 Å². The van der Waals surface area contributed by atoms with Crippen molar-refractivity contribution in [1.82, 2.24) is 15.3 Å². The Morgan fingerprint density at radius 3 is 2.62 bits per heavy atom. The maximum atomic E-state index is 6.00. The number of hydrogen-bond acceptors (Lipinski definition) is 8. The standard InChI is InChI=1S/C21H33N7O/c1-5-10-28(11-6-2)20-14-17(25-21(26-20)29-12-9-23-4)15-24-27-19-13-16(3)7-8-18(19)22/h7-8,13-15,23,27H,5-6,9-12,22H2,1-4H3/b24-15+. The monoisotopic (exact) mass is 399 g/mol. The molecule has 1 aromatic heterocycles. The molecule has 8 nitrogen and oxygen atoms in total. The summed E-state index contributed by atoms with van der Waals surface area (Å²) < 4.78 is 5.72. The predicted octanol–water partition coefficient (Wildman–Crippen LogP) is 3.04. The van der Waals surface area contributed by atoms with Crippen molar-refractivity contribution in [1.29, 1.82) is 0 Å². The molecule has 1 aromatic carbocycles. The molecule has 0 amide bonds. The van der Waals surface area contributed by atoms with Gasteiger partial charge in [0.1, 0.15) is 12.4 Å². The van der Waals surface area contributed by atoms with Crippen LogP contribution >= 0.6 is 0 Å². The van der Waals surface area contributed by atoms with Gasteiger partial charge in [0.15, 0.2) is 0 Å². The lowest BCUT2D eigenvalue weighted by Gasteiger charge is -2.23. The van der Waals surface area contributed by atoms with Crippen LogP contribution in [0.15, 0.2) is 29.4 Å². The lowest BCUT2D eigenvalue weighted by atomic mass is 10.2. The number of aromatic nitrogens is 2. The van der Waals surface area contributed by atoms with Crippen LogP contribution in [0, 0.1) is 6.92 Å². The van der Waals surface area contributed by atoms with Crippen LogP contribution in [0.5, 0.6) is 6.01 Å². The zero-order valence-electron chi connectivity index (χ0n) is 17.9. The maximum Gasteiger partial charge on any atom is 0.319 e. The van der Waals surface area contributed by atoms with E-state index >= 15 is 0 Å². The van der Waals surface area contributed by atoms with Crippen molar-refractivity contribution in [2.24, 2.45) is 5.10 Å². The zero-order chi connectivity index (χ0) is 21.1. The number of nitrogens with one attached hydrogen (secondary N) is 2. The van der Waals surface area contributed by atoms with Crippen molar-refractivity contribution in [3.8, 4) is 6.01 Å². The summed E-state index contributed by atoms with van der Waals surface area (Å²) in [4.78, 5) is 11.3. The van der Waals surface area contributed by atoms with Gasteiger partial charge in [0.05, 0.1) is 23.3 Å². The SMILES string of the molecule is CCCN(CCC)c1cc(/C=N/Nc2cc(C)ccc2N)nc(OCCNC)n1. The van der Waals surface area contributed by atoms with Gasteiger partial charge >= 0.3 is 6.01 Å². The van der Waals surface area contributed by atoms with E-state index in [9.17, 15) is 0 Å². The third-order valence-electron chi connectivity index (χ3n) is 4.20. The smallest absolute Gasteiger partial charge is 0.319 e. The molecule has 29 heavy (non-hydrogen) atoms. The van der Waals surface area contributed by atoms with Crippen LogP contribution < -0.4 is 26.1 Å². The molecule has 0 bridgehead atoms. The van der Waals surface area contributed by atoms with Crippen LogP contribution in [-0.2, 0) is 0 Å². The molecule has 0 saturated heterocycles. The largest absolute Gasteiger partial charge is 0.462 e. The lowest BCUT2D eigenvalue weighted by molar-refractivity contribution is 0.293. The zero-order valence-corrected chi connectivity index (χ0v) is 17.9. The van der Waals surface area contributed by atoms with E-state index in [1.807, 2.05) is 38.2 Å². The van der Waals surface area contributed by atoms with Crippen molar-refractivity contribution >= 4 is 23.4 Å². The van der Waals surface area contributed by atoms with Gasteiger partial charge in [-0.15, -0.1) is 0 Å². The summed E-state index contributed by atoms with van der Waals surface area (Å²) in [6.07, 6.45) is 3.74. The molecule has 0 aliphatic rings. The summed E-state index contributed by atoms with van der Waals surface area (Å²) in [7, 11) is 1.88. The van der Waals surface area contributed by atoms with Crippen LogP contribution in [-0.4, -0.2) is 49.5 Å². The topological polar surface area (TPSA) is 101 Å². The normalized spacial score (nSPS) is 11.0. The number of ether oxygens (including phenoxy) is 1. The molecular weight excluding hydrogens is 366 g/mol. The summed E-state index contributed by atoms with van der Waals surface area (Å²) in [5.41, 5.74) is 12.2. The molecule has 0 fully saturated rings. The molecule has 0 unspecified atom stereocenters. The quantitative estimate of drug-likeness (QED) is 0.218. The molecule has 0 saturated carbocycles.